The fourth-order valence-corrected chi connectivity index (χ4v) is 4.05. The van der Waals surface area contributed by atoms with Gasteiger partial charge in [0, 0.05) is 23.6 Å². The molecule has 0 atom stereocenters. The maximum Gasteiger partial charge on any atom is 0.264 e. The molecular weight excluding hydrogens is 329 g/mol. The average Bonchev–Trinajstić information content (AvgIpc) is 2.48. The summed E-state index contributed by atoms with van der Waals surface area (Å²) in [6.45, 7) is 0.0488. The van der Waals surface area contributed by atoms with Gasteiger partial charge < -0.3 is 0 Å². The third-order valence-electron chi connectivity index (χ3n) is 3.47. The highest BCUT2D eigenvalue weighted by molar-refractivity contribution is 7.92. The van der Waals surface area contributed by atoms with E-state index >= 15 is 0 Å². The van der Waals surface area contributed by atoms with Gasteiger partial charge in [0.1, 0.15) is 5.82 Å². The van der Waals surface area contributed by atoms with Crippen molar-refractivity contribution in [2.45, 2.75) is 11.3 Å². The summed E-state index contributed by atoms with van der Waals surface area (Å²) in [5, 5.41) is 0.369. The smallest absolute Gasteiger partial charge is 0.264 e. The van der Waals surface area contributed by atoms with Gasteiger partial charge in [-0.25, -0.2) is 12.8 Å². The van der Waals surface area contributed by atoms with Crippen LogP contribution in [0.1, 0.15) is 16.8 Å². The van der Waals surface area contributed by atoms with E-state index in [0.29, 0.717) is 10.7 Å². The minimum absolute atomic E-state index is 0.0239. The van der Waals surface area contributed by atoms with Gasteiger partial charge in [-0.15, -0.1) is 0 Å². The van der Waals surface area contributed by atoms with Gasteiger partial charge in [-0.2, -0.15) is 0 Å². The van der Waals surface area contributed by atoms with Crippen molar-refractivity contribution in [3.63, 3.8) is 0 Å². The quantitative estimate of drug-likeness (QED) is 0.844. The zero-order valence-corrected chi connectivity index (χ0v) is 12.9. The Kier molecular flexibility index (Phi) is 3.66. The largest absolute Gasteiger partial charge is 0.294 e. The molecule has 2 aromatic carbocycles. The predicted octanol–water partition coefficient (Wildman–Crippen LogP) is 3.26. The van der Waals surface area contributed by atoms with Gasteiger partial charge in [0.25, 0.3) is 10.0 Å². The molecule has 3 rings (SSSR count). The molecule has 114 valence electrons. The number of fused-ring (bicyclic) bond motifs is 1. The van der Waals surface area contributed by atoms with E-state index in [4.69, 9.17) is 11.6 Å². The number of carbonyl (C=O) groups excluding carboxylic acids is 1. The molecule has 0 saturated heterocycles. The lowest BCUT2D eigenvalue weighted by Gasteiger charge is -2.29. The minimum Gasteiger partial charge on any atom is -0.294 e. The Bertz CT molecular complexity index is 850. The third-order valence-corrected chi connectivity index (χ3v) is 5.53. The van der Waals surface area contributed by atoms with Crippen molar-refractivity contribution in [1.82, 2.24) is 0 Å². The maximum atomic E-state index is 13.0. The number of carbonyl (C=O) groups is 1. The number of benzene rings is 2. The molecule has 0 aliphatic carbocycles. The topological polar surface area (TPSA) is 54.5 Å². The highest BCUT2D eigenvalue weighted by Crippen LogP contribution is 2.33. The molecule has 4 nitrogen and oxygen atoms in total. The normalized spacial score (nSPS) is 14.8. The average molecular weight is 340 g/mol. The molecule has 1 heterocycles. The zero-order chi connectivity index (χ0) is 15.9. The Morgan fingerprint density at radius 1 is 1.09 bits per heavy atom. The van der Waals surface area contributed by atoms with Crippen molar-refractivity contribution in [2.75, 3.05) is 10.8 Å². The van der Waals surface area contributed by atoms with Crippen LogP contribution in [0, 0.1) is 5.82 Å². The van der Waals surface area contributed by atoms with Crippen molar-refractivity contribution in [2.24, 2.45) is 0 Å². The van der Waals surface area contributed by atoms with Gasteiger partial charge >= 0.3 is 0 Å². The molecule has 7 heteroatoms. The van der Waals surface area contributed by atoms with Gasteiger partial charge in [0.15, 0.2) is 5.78 Å². The standard InChI is InChI=1S/C15H11ClFNO3S/c16-10-1-6-14-13(9-10)15(19)7-8-18(14)22(20,21)12-4-2-11(17)3-5-12/h1-6,9H,7-8H2. The van der Waals surface area contributed by atoms with Crippen LogP contribution in [0.4, 0.5) is 10.1 Å². The zero-order valence-electron chi connectivity index (χ0n) is 11.3. The lowest BCUT2D eigenvalue weighted by atomic mass is 10.0. The summed E-state index contributed by atoms with van der Waals surface area (Å²) in [6, 6.07) is 9.09. The Balaban J connectivity index is 2.11. The van der Waals surface area contributed by atoms with E-state index in [2.05, 4.69) is 0 Å². The van der Waals surface area contributed by atoms with E-state index in [1.54, 1.807) is 0 Å². The molecule has 0 aromatic heterocycles. The molecule has 22 heavy (non-hydrogen) atoms. The first-order chi connectivity index (χ1) is 10.4. The van der Waals surface area contributed by atoms with Gasteiger partial charge in [0.05, 0.1) is 10.6 Å². The van der Waals surface area contributed by atoms with Crippen molar-refractivity contribution >= 4 is 33.1 Å². The third kappa shape index (κ3) is 2.48. The Hall–Kier alpha value is -1.92. The first-order valence-corrected chi connectivity index (χ1v) is 8.32. The molecule has 1 aliphatic heterocycles. The summed E-state index contributed by atoms with van der Waals surface area (Å²) in [7, 11) is -3.86. The molecule has 0 bridgehead atoms. The second-order valence-electron chi connectivity index (χ2n) is 4.87. The highest BCUT2D eigenvalue weighted by Gasteiger charge is 2.32. The SMILES string of the molecule is O=C1CCN(S(=O)(=O)c2ccc(F)cc2)c2ccc(Cl)cc21. The second-order valence-corrected chi connectivity index (χ2v) is 7.16. The maximum absolute atomic E-state index is 13.0. The second kappa shape index (κ2) is 5.37. The molecular formula is C15H11ClFNO3S. The van der Waals surface area contributed by atoms with Gasteiger partial charge in [-0.1, -0.05) is 11.6 Å². The van der Waals surface area contributed by atoms with E-state index in [1.165, 1.54) is 30.3 Å². The number of nitrogens with zero attached hydrogens (tertiary/aromatic N) is 1. The van der Waals surface area contributed by atoms with Gasteiger partial charge in [-0.3, -0.25) is 9.10 Å². The number of rotatable bonds is 2. The molecule has 0 unspecified atom stereocenters. The number of sulfonamides is 1. The lowest BCUT2D eigenvalue weighted by molar-refractivity contribution is 0.0982. The van der Waals surface area contributed by atoms with Crippen molar-refractivity contribution < 1.29 is 17.6 Å². The number of hydrogen-bond donors (Lipinski definition) is 0. The molecule has 0 amide bonds. The van der Waals surface area contributed by atoms with E-state index in [0.717, 1.165) is 16.4 Å². The summed E-state index contributed by atoms with van der Waals surface area (Å²) in [5.41, 5.74) is 0.578. The molecule has 1 aliphatic rings. The van der Waals surface area contributed by atoms with E-state index in [9.17, 15) is 17.6 Å². The van der Waals surface area contributed by atoms with Crippen LogP contribution >= 0.6 is 11.6 Å². The minimum atomic E-state index is -3.86. The van der Waals surface area contributed by atoms with Crippen LogP contribution in [0.25, 0.3) is 0 Å². The number of anilines is 1. The Morgan fingerprint density at radius 3 is 2.45 bits per heavy atom. The first-order valence-electron chi connectivity index (χ1n) is 6.50. The molecule has 0 fully saturated rings. The number of halogens is 2. The monoisotopic (exact) mass is 339 g/mol. The van der Waals surface area contributed by atoms with Crippen LogP contribution in [0.5, 0.6) is 0 Å². The summed E-state index contributed by atoms with van der Waals surface area (Å²) in [6.07, 6.45) is 0.0771. The van der Waals surface area contributed by atoms with Gasteiger partial charge in [0.2, 0.25) is 0 Å². The molecule has 0 radical (unpaired) electrons. The van der Waals surface area contributed by atoms with E-state index in [-0.39, 0.29) is 29.2 Å². The van der Waals surface area contributed by atoms with E-state index < -0.39 is 15.8 Å². The number of Topliss-reactive ketones (excluding diaryl/α,β-unsaturated/α-hetero) is 1. The summed E-state index contributed by atoms with van der Waals surface area (Å²) in [5.74, 6) is -0.664. The van der Waals surface area contributed by atoms with Gasteiger partial charge in [-0.05, 0) is 42.5 Å². The fraction of sp³-hybridized carbons (Fsp3) is 0.133. The van der Waals surface area contributed by atoms with Crippen molar-refractivity contribution in [1.29, 1.82) is 0 Å². The summed E-state index contributed by atoms with van der Waals surface area (Å²) < 4.78 is 39.6. The van der Waals surface area contributed by atoms with Crippen LogP contribution < -0.4 is 4.31 Å². The first kappa shape index (κ1) is 15.0. The van der Waals surface area contributed by atoms with Crippen LogP contribution in [0.3, 0.4) is 0 Å². The molecule has 0 N–H and O–H groups in total. The molecule has 0 saturated carbocycles. The molecule has 2 aromatic rings. The fourth-order valence-electron chi connectivity index (χ4n) is 2.39. The van der Waals surface area contributed by atoms with Crippen LogP contribution in [0.2, 0.25) is 5.02 Å². The van der Waals surface area contributed by atoms with Crippen molar-refractivity contribution in [3.05, 3.63) is 58.9 Å². The molecule has 0 spiro atoms. The van der Waals surface area contributed by atoms with Crippen LogP contribution in [-0.2, 0) is 10.0 Å². The van der Waals surface area contributed by atoms with Crippen LogP contribution in [-0.4, -0.2) is 20.7 Å². The summed E-state index contributed by atoms with van der Waals surface area (Å²) >= 11 is 5.88. The Labute approximate surface area is 132 Å². The predicted molar refractivity (Wildman–Crippen MR) is 81.3 cm³/mol. The number of ketones is 1. The highest BCUT2D eigenvalue weighted by atomic mass is 35.5. The van der Waals surface area contributed by atoms with E-state index in [1.807, 2.05) is 0 Å². The Morgan fingerprint density at radius 2 is 1.77 bits per heavy atom. The van der Waals surface area contributed by atoms with Crippen molar-refractivity contribution in [3.8, 4) is 0 Å². The van der Waals surface area contributed by atoms with Crippen LogP contribution in [0.15, 0.2) is 47.4 Å². The summed E-state index contributed by atoms with van der Waals surface area (Å²) in [4.78, 5) is 11.9. The number of hydrogen-bond acceptors (Lipinski definition) is 3. The lowest BCUT2D eigenvalue weighted by Crippen LogP contribution is -2.37.